The van der Waals surface area contributed by atoms with Crippen LogP contribution in [0.3, 0.4) is 0 Å². The minimum absolute atomic E-state index is 0. The second kappa shape index (κ2) is 7.29. The van der Waals surface area contributed by atoms with E-state index in [1.807, 2.05) is 36.4 Å². The van der Waals surface area contributed by atoms with E-state index in [1.165, 1.54) is 5.56 Å². The van der Waals surface area contributed by atoms with Crippen LogP contribution >= 0.6 is 12.4 Å². The lowest BCUT2D eigenvalue weighted by molar-refractivity contribution is 0.0840. The molecule has 2 aromatic carbocycles. The minimum Gasteiger partial charge on any atom is -0.309 e. The van der Waals surface area contributed by atoms with Crippen LogP contribution in [0, 0.1) is 0 Å². The Labute approximate surface area is 144 Å². The van der Waals surface area contributed by atoms with Crippen molar-refractivity contribution >= 4 is 18.2 Å². The highest BCUT2D eigenvalue weighted by atomic mass is 35.5. The number of ketones is 1. The molecule has 3 rings (SSSR count). The predicted octanol–water partition coefficient (Wildman–Crippen LogP) is 4.13. The molecule has 0 amide bonds. The van der Waals surface area contributed by atoms with Crippen molar-refractivity contribution in [1.82, 2.24) is 4.90 Å². The summed E-state index contributed by atoms with van der Waals surface area (Å²) in [6.45, 7) is 0.919. The Hall–Kier alpha value is -1.64. The van der Waals surface area contributed by atoms with Gasteiger partial charge in [-0.1, -0.05) is 54.6 Å². The van der Waals surface area contributed by atoms with Crippen LogP contribution in [0.1, 0.15) is 34.3 Å². The van der Waals surface area contributed by atoms with E-state index < -0.39 is 0 Å². The predicted molar refractivity (Wildman–Crippen MR) is 97.6 cm³/mol. The Kier molecular flexibility index (Phi) is 5.61. The fourth-order valence-electron chi connectivity index (χ4n) is 3.51. The number of rotatable bonds is 4. The van der Waals surface area contributed by atoms with Gasteiger partial charge >= 0.3 is 0 Å². The Morgan fingerprint density at radius 3 is 2.35 bits per heavy atom. The van der Waals surface area contributed by atoms with Crippen molar-refractivity contribution in [1.29, 1.82) is 0 Å². The molecular formula is C20H24ClNO. The van der Waals surface area contributed by atoms with E-state index in [1.54, 1.807) is 0 Å². The van der Waals surface area contributed by atoms with Crippen molar-refractivity contribution in [3.63, 3.8) is 0 Å². The number of hydrogen-bond acceptors (Lipinski definition) is 2. The number of fused-ring (bicyclic) bond motifs is 1. The average Bonchev–Trinajstić information content (AvgIpc) is 2.56. The number of aryl methyl sites for hydroxylation is 1. The molecule has 0 bridgehead atoms. The third-order valence-corrected chi connectivity index (χ3v) is 4.83. The number of hydrogen-bond donors (Lipinski definition) is 0. The summed E-state index contributed by atoms with van der Waals surface area (Å²) in [4.78, 5) is 15.5. The highest BCUT2D eigenvalue weighted by Gasteiger charge is 2.43. The van der Waals surface area contributed by atoms with Gasteiger partial charge in [0.15, 0.2) is 5.78 Å². The summed E-state index contributed by atoms with van der Waals surface area (Å²) in [7, 11) is 4.14. The molecule has 0 radical (unpaired) electrons. The van der Waals surface area contributed by atoms with Gasteiger partial charge in [0.1, 0.15) is 0 Å². The SMILES string of the molecule is CN(C)CCC1(c2ccccc2)CCc2ccccc2C1=O.Cl. The number of nitrogens with zero attached hydrogens (tertiary/aromatic N) is 1. The number of Topliss-reactive ketones (excluding diaryl/α,β-unsaturated/α-hetero) is 1. The number of halogens is 1. The lowest BCUT2D eigenvalue weighted by Crippen LogP contribution is -2.42. The van der Waals surface area contributed by atoms with Crippen molar-refractivity contribution < 1.29 is 4.79 Å². The summed E-state index contributed by atoms with van der Waals surface area (Å²) in [5.74, 6) is 0.294. The molecule has 0 heterocycles. The van der Waals surface area contributed by atoms with E-state index in [0.717, 1.165) is 36.9 Å². The lowest BCUT2D eigenvalue weighted by atomic mass is 9.64. The van der Waals surface area contributed by atoms with Crippen molar-refractivity contribution in [2.75, 3.05) is 20.6 Å². The normalized spacial score (nSPS) is 20.0. The first-order valence-corrected chi connectivity index (χ1v) is 7.96. The molecule has 0 saturated carbocycles. The van der Waals surface area contributed by atoms with Crippen LogP contribution in [0.25, 0.3) is 0 Å². The molecule has 0 spiro atoms. The minimum atomic E-state index is -0.375. The molecule has 23 heavy (non-hydrogen) atoms. The van der Waals surface area contributed by atoms with Gasteiger partial charge in [0, 0.05) is 5.56 Å². The monoisotopic (exact) mass is 329 g/mol. The van der Waals surface area contributed by atoms with Crippen LogP contribution in [0.2, 0.25) is 0 Å². The van der Waals surface area contributed by atoms with Crippen molar-refractivity contribution in [3.05, 3.63) is 71.3 Å². The molecule has 1 unspecified atom stereocenters. The number of benzene rings is 2. The van der Waals surface area contributed by atoms with E-state index in [0.29, 0.717) is 5.78 Å². The van der Waals surface area contributed by atoms with Gasteiger partial charge in [0.25, 0.3) is 0 Å². The van der Waals surface area contributed by atoms with Crippen LogP contribution in [0.4, 0.5) is 0 Å². The van der Waals surface area contributed by atoms with Crippen LogP contribution in [-0.4, -0.2) is 31.3 Å². The Balaban J connectivity index is 0.00000192. The highest BCUT2D eigenvalue weighted by molar-refractivity contribution is 6.06. The molecular weight excluding hydrogens is 306 g/mol. The highest BCUT2D eigenvalue weighted by Crippen LogP contribution is 2.41. The van der Waals surface area contributed by atoms with Gasteiger partial charge in [-0.15, -0.1) is 12.4 Å². The van der Waals surface area contributed by atoms with Crippen molar-refractivity contribution in [2.24, 2.45) is 0 Å². The summed E-state index contributed by atoms with van der Waals surface area (Å²) < 4.78 is 0. The van der Waals surface area contributed by atoms with Crippen LogP contribution in [-0.2, 0) is 11.8 Å². The quantitative estimate of drug-likeness (QED) is 0.840. The summed E-state index contributed by atoms with van der Waals surface area (Å²) in [6, 6.07) is 18.4. The summed E-state index contributed by atoms with van der Waals surface area (Å²) in [5.41, 5.74) is 2.90. The third kappa shape index (κ3) is 3.34. The summed E-state index contributed by atoms with van der Waals surface area (Å²) in [5, 5.41) is 0. The van der Waals surface area contributed by atoms with E-state index >= 15 is 0 Å². The van der Waals surface area contributed by atoms with Crippen LogP contribution in [0.15, 0.2) is 54.6 Å². The second-order valence-corrected chi connectivity index (χ2v) is 6.49. The largest absolute Gasteiger partial charge is 0.309 e. The maximum atomic E-state index is 13.3. The van der Waals surface area contributed by atoms with Crippen LogP contribution in [0.5, 0.6) is 0 Å². The summed E-state index contributed by atoms with van der Waals surface area (Å²) in [6.07, 6.45) is 2.75. The zero-order valence-electron chi connectivity index (χ0n) is 13.8. The third-order valence-electron chi connectivity index (χ3n) is 4.83. The first-order chi connectivity index (χ1) is 10.6. The van der Waals surface area contributed by atoms with Gasteiger partial charge in [-0.25, -0.2) is 0 Å². The molecule has 122 valence electrons. The van der Waals surface area contributed by atoms with Gasteiger partial charge < -0.3 is 4.90 Å². The maximum absolute atomic E-state index is 13.3. The Bertz CT molecular complexity index is 668. The first-order valence-electron chi connectivity index (χ1n) is 7.96. The zero-order chi connectivity index (χ0) is 15.6. The van der Waals surface area contributed by atoms with Gasteiger partial charge in [-0.3, -0.25) is 4.79 Å². The first kappa shape index (κ1) is 17.7. The van der Waals surface area contributed by atoms with Gasteiger partial charge in [0.05, 0.1) is 5.41 Å². The van der Waals surface area contributed by atoms with Gasteiger partial charge in [-0.05, 0) is 51.0 Å². The van der Waals surface area contributed by atoms with E-state index in [9.17, 15) is 4.79 Å². The van der Waals surface area contributed by atoms with E-state index in [4.69, 9.17) is 0 Å². The fraction of sp³-hybridized carbons (Fsp3) is 0.350. The molecule has 2 aromatic rings. The number of carbonyl (C=O) groups is 1. The van der Waals surface area contributed by atoms with Gasteiger partial charge in [-0.2, -0.15) is 0 Å². The molecule has 0 saturated heterocycles. The van der Waals surface area contributed by atoms with Crippen molar-refractivity contribution in [3.8, 4) is 0 Å². The smallest absolute Gasteiger partial charge is 0.173 e. The standard InChI is InChI=1S/C20H23NO.ClH/c1-21(2)15-14-20(17-9-4-3-5-10-17)13-12-16-8-6-7-11-18(16)19(20)22;/h3-11H,12-15H2,1-2H3;1H. The Morgan fingerprint density at radius 2 is 1.65 bits per heavy atom. The molecule has 0 aliphatic heterocycles. The summed E-state index contributed by atoms with van der Waals surface area (Å²) >= 11 is 0. The molecule has 0 fully saturated rings. The fourth-order valence-corrected chi connectivity index (χ4v) is 3.51. The second-order valence-electron chi connectivity index (χ2n) is 6.49. The van der Waals surface area contributed by atoms with E-state index in [2.05, 4.69) is 37.2 Å². The topological polar surface area (TPSA) is 20.3 Å². The molecule has 0 aromatic heterocycles. The molecule has 1 aliphatic carbocycles. The number of carbonyl (C=O) groups excluding carboxylic acids is 1. The molecule has 1 atom stereocenters. The molecule has 1 aliphatic rings. The molecule has 2 nitrogen and oxygen atoms in total. The molecule has 0 N–H and O–H groups in total. The van der Waals surface area contributed by atoms with Crippen molar-refractivity contribution in [2.45, 2.75) is 24.7 Å². The van der Waals surface area contributed by atoms with Crippen LogP contribution < -0.4 is 0 Å². The van der Waals surface area contributed by atoms with E-state index in [-0.39, 0.29) is 17.8 Å². The average molecular weight is 330 g/mol. The lowest BCUT2D eigenvalue weighted by Gasteiger charge is -2.38. The molecule has 3 heteroatoms. The van der Waals surface area contributed by atoms with Gasteiger partial charge in [0.2, 0.25) is 0 Å². The maximum Gasteiger partial charge on any atom is 0.173 e. The zero-order valence-corrected chi connectivity index (χ0v) is 14.6. The Morgan fingerprint density at radius 1 is 1.00 bits per heavy atom.